The number of piperidine rings is 1. The Hall–Kier alpha value is -1.51. The summed E-state index contributed by atoms with van der Waals surface area (Å²) < 4.78 is 0. The quantitative estimate of drug-likeness (QED) is 0.831. The summed E-state index contributed by atoms with van der Waals surface area (Å²) in [6.07, 6.45) is 2.39. The monoisotopic (exact) mass is 219 g/mol. The van der Waals surface area contributed by atoms with Crippen LogP contribution in [0.25, 0.3) is 0 Å². The van der Waals surface area contributed by atoms with E-state index in [4.69, 9.17) is 5.11 Å². The molecule has 0 bridgehead atoms. The van der Waals surface area contributed by atoms with Crippen molar-refractivity contribution in [3.8, 4) is 0 Å². The summed E-state index contributed by atoms with van der Waals surface area (Å²) in [5, 5.41) is 9.14. The lowest BCUT2D eigenvalue weighted by Gasteiger charge is -2.33. The number of hydrogen-bond donors (Lipinski definition) is 1. The number of rotatable bonds is 2. The van der Waals surface area contributed by atoms with Gasteiger partial charge in [-0.25, -0.2) is 4.79 Å². The van der Waals surface area contributed by atoms with Gasteiger partial charge in [-0.1, -0.05) is 19.1 Å². The normalized spacial score (nSPS) is 20.8. The molecule has 3 nitrogen and oxygen atoms in total. The lowest BCUT2D eigenvalue weighted by molar-refractivity contribution is 0.0697. The largest absolute Gasteiger partial charge is 0.478 e. The third-order valence-electron chi connectivity index (χ3n) is 3.13. The third-order valence-corrected chi connectivity index (χ3v) is 3.13. The van der Waals surface area contributed by atoms with E-state index in [1.165, 1.54) is 6.42 Å². The van der Waals surface area contributed by atoms with E-state index >= 15 is 0 Å². The molecule has 1 unspecified atom stereocenters. The second-order valence-corrected chi connectivity index (χ2v) is 4.52. The fourth-order valence-corrected chi connectivity index (χ4v) is 2.34. The minimum absolute atomic E-state index is 0.414. The first-order chi connectivity index (χ1) is 7.68. The van der Waals surface area contributed by atoms with Gasteiger partial charge in [-0.3, -0.25) is 0 Å². The minimum atomic E-state index is -0.839. The molecule has 2 rings (SSSR count). The first-order valence-corrected chi connectivity index (χ1v) is 5.75. The molecular weight excluding hydrogens is 202 g/mol. The standard InChI is InChI=1S/C13H17NO2/c1-10-5-4-8-14(9-10)12-7-3-2-6-11(12)13(15)16/h2-3,6-7,10H,4-5,8-9H2,1H3,(H,15,16). The Morgan fingerprint density at radius 2 is 2.19 bits per heavy atom. The van der Waals surface area contributed by atoms with Crippen molar-refractivity contribution in [2.75, 3.05) is 18.0 Å². The number of para-hydroxylation sites is 1. The molecule has 1 saturated heterocycles. The summed E-state index contributed by atoms with van der Waals surface area (Å²) in [6, 6.07) is 7.26. The van der Waals surface area contributed by atoms with E-state index in [1.807, 2.05) is 12.1 Å². The van der Waals surface area contributed by atoms with Gasteiger partial charge in [0, 0.05) is 13.1 Å². The second kappa shape index (κ2) is 4.56. The van der Waals surface area contributed by atoms with Crippen LogP contribution in [0.15, 0.2) is 24.3 Å². The molecule has 1 aliphatic heterocycles. The summed E-state index contributed by atoms with van der Waals surface area (Å²) in [5.74, 6) is -0.190. The molecule has 1 heterocycles. The van der Waals surface area contributed by atoms with Crippen molar-refractivity contribution in [2.45, 2.75) is 19.8 Å². The van der Waals surface area contributed by atoms with Gasteiger partial charge in [-0.2, -0.15) is 0 Å². The summed E-state index contributed by atoms with van der Waals surface area (Å²) in [5.41, 5.74) is 1.28. The molecule has 0 saturated carbocycles. The molecule has 0 radical (unpaired) electrons. The molecular formula is C13H17NO2. The second-order valence-electron chi connectivity index (χ2n) is 4.52. The van der Waals surface area contributed by atoms with E-state index in [1.54, 1.807) is 12.1 Å². The van der Waals surface area contributed by atoms with Gasteiger partial charge < -0.3 is 10.0 Å². The summed E-state index contributed by atoms with van der Waals surface area (Å²) in [7, 11) is 0. The van der Waals surface area contributed by atoms with Gasteiger partial charge in [0.1, 0.15) is 0 Å². The molecule has 86 valence electrons. The topological polar surface area (TPSA) is 40.5 Å². The minimum Gasteiger partial charge on any atom is -0.478 e. The van der Waals surface area contributed by atoms with Gasteiger partial charge >= 0.3 is 5.97 Å². The predicted molar refractivity (Wildman–Crippen MR) is 64.0 cm³/mol. The van der Waals surface area contributed by atoms with Crippen molar-refractivity contribution in [3.63, 3.8) is 0 Å². The Kier molecular flexibility index (Phi) is 3.13. The highest BCUT2D eigenvalue weighted by atomic mass is 16.4. The number of carboxylic acids is 1. The van der Waals surface area contributed by atoms with E-state index in [0.29, 0.717) is 11.5 Å². The Balaban J connectivity index is 2.28. The summed E-state index contributed by atoms with van der Waals surface area (Å²) >= 11 is 0. The fourth-order valence-electron chi connectivity index (χ4n) is 2.34. The average molecular weight is 219 g/mol. The molecule has 0 amide bonds. The van der Waals surface area contributed by atoms with Crippen LogP contribution in [0.4, 0.5) is 5.69 Å². The van der Waals surface area contributed by atoms with Crippen molar-refractivity contribution in [2.24, 2.45) is 5.92 Å². The molecule has 1 aliphatic rings. The Morgan fingerprint density at radius 3 is 2.88 bits per heavy atom. The van der Waals surface area contributed by atoms with Gasteiger partial charge in [0.25, 0.3) is 0 Å². The van der Waals surface area contributed by atoms with Crippen molar-refractivity contribution < 1.29 is 9.90 Å². The van der Waals surface area contributed by atoms with E-state index in [-0.39, 0.29) is 0 Å². The van der Waals surface area contributed by atoms with Crippen LogP contribution in [0.5, 0.6) is 0 Å². The molecule has 0 aliphatic carbocycles. The number of carbonyl (C=O) groups is 1. The molecule has 3 heteroatoms. The van der Waals surface area contributed by atoms with E-state index < -0.39 is 5.97 Å². The Bertz CT molecular complexity index is 389. The number of carboxylic acid groups (broad SMARTS) is 1. The maximum atomic E-state index is 11.1. The first-order valence-electron chi connectivity index (χ1n) is 5.75. The number of benzene rings is 1. The molecule has 16 heavy (non-hydrogen) atoms. The highest BCUT2D eigenvalue weighted by molar-refractivity contribution is 5.94. The molecule has 1 N–H and O–H groups in total. The average Bonchev–Trinajstić information content (AvgIpc) is 2.29. The first kappa shape index (κ1) is 11.0. The molecule has 0 aromatic heterocycles. The van der Waals surface area contributed by atoms with Crippen molar-refractivity contribution in [3.05, 3.63) is 29.8 Å². The van der Waals surface area contributed by atoms with Crippen LogP contribution in [0.3, 0.4) is 0 Å². The van der Waals surface area contributed by atoms with Crippen LogP contribution in [0, 0.1) is 5.92 Å². The van der Waals surface area contributed by atoms with Crippen molar-refractivity contribution in [1.29, 1.82) is 0 Å². The van der Waals surface area contributed by atoms with Crippen LogP contribution in [-0.4, -0.2) is 24.2 Å². The highest BCUT2D eigenvalue weighted by Gasteiger charge is 2.20. The zero-order valence-corrected chi connectivity index (χ0v) is 9.52. The van der Waals surface area contributed by atoms with Gasteiger partial charge in [0.15, 0.2) is 0 Å². The predicted octanol–water partition coefficient (Wildman–Crippen LogP) is 2.62. The molecule has 1 fully saturated rings. The number of hydrogen-bond acceptors (Lipinski definition) is 2. The zero-order valence-electron chi connectivity index (χ0n) is 9.52. The summed E-state index contributed by atoms with van der Waals surface area (Å²) in [6.45, 7) is 4.15. The number of aromatic carboxylic acids is 1. The van der Waals surface area contributed by atoms with Crippen LogP contribution in [-0.2, 0) is 0 Å². The van der Waals surface area contributed by atoms with Gasteiger partial charge in [0.05, 0.1) is 11.3 Å². The molecule has 1 aromatic carbocycles. The van der Waals surface area contributed by atoms with Gasteiger partial charge in [0.2, 0.25) is 0 Å². The molecule has 1 aromatic rings. The van der Waals surface area contributed by atoms with Crippen molar-refractivity contribution >= 4 is 11.7 Å². The fraction of sp³-hybridized carbons (Fsp3) is 0.462. The zero-order chi connectivity index (χ0) is 11.5. The highest BCUT2D eigenvalue weighted by Crippen LogP contribution is 2.26. The maximum Gasteiger partial charge on any atom is 0.337 e. The smallest absolute Gasteiger partial charge is 0.337 e. The molecule has 1 atom stereocenters. The lowest BCUT2D eigenvalue weighted by atomic mass is 9.99. The number of nitrogens with zero attached hydrogens (tertiary/aromatic N) is 1. The van der Waals surface area contributed by atoms with Crippen LogP contribution >= 0.6 is 0 Å². The Morgan fingerprint density at radius 1 is 1.44 bits per heavy atom. The van der Waals surface area contributed by atoms with E-state index in [0.717, 1.165) is 25.2 Å². The number of anilines is 1. The van der Waals surface area contributed by atoms with Gasteiger partial charge in [-0.15, -0.1) is 0 Å². The Labute approximate surface area is 95.7 Å². The van der Waals surface area contributed by atoms with Crippen LogP contribution in [0.1, 0.15) is 30.1 Å². The maximum absolute atomic E-state index is 11.1. The van der Waals surface area contributed by atoms with E-state index in [9.17, 15) is 4.79 Å². The SMILES string of the molecule is CC1CCCN(c2ccccc2C(=O)O)C1. The van der Waals surface area contributed by atoms with E-state index in [2.05, 4.69) is 11.8 Å². The van der Waals surface area contributed by atoms with Crippen molar-refractivity contribution in [1.82, 2.24) is 0 Å². The van der Waals surface area contributed by atoms with Crippen LogP contribution < -0.4 is 4.90 Å². The van der Waals surface area contributed by atoms with Crippen LogP contribution in [0.2, 0.25) is 0 Å². The lowest BCUT2D eigenvalue weighted by Crippen LogP contribution is -2.35. The van der Waals surface area contributed by atoms with Gasteiger partial charge in [-0.05, 0) is 30.9 Å². The summed E-state index contributed by atoms with van der Waals surface area (Å²) in [4.78, 5) is 13.3. The third kappa shape index (κ3) is 2.18. The molecule has 0 spiro atoms.